The van der Waals surface area contributed by atoms with E-state index in [1.54, 1.807) is 39.0 Å². The second-order valence-electron chi connectivity index (χ2n) is 6.61. The molecule has 7 nitrogen and oxygen atoms in total. The van der Waals surface area contributed by atoms with Crippen molar-refractivity contribution in [2.75, 3.05) is 14.2 Å². The minimum atomic E-state index is -1.22. The van der Waals surface area contributed by atoms with E-state index in [9.17, 15) is 14.4 Å². The van der Waals surface area contributed by atoms with Crippen LogP contribution in [-0.2, 0) is 23.9 Å². The van der Waals surface area contributed by atoms with Crippen molar-refractivity contribution in [3.8, 4) is 5.75 Å². The number of esters is 2. The van der Waals surface area contributed by atoms with Crippen LogP contribution in [0.1, 0.15) is 39.2 Å². The molecule has 0 radical (unpaired) electrons. The summed E-state index contributed by atoms with van der Waals surface area (Å²) < 4.78 is 15.9. The minimum Gasteiger partial charge on any atom is -0.496 e. The number of amides is 1. The van der Waals surface area contributed by atoms with Crippen molar-refractivity contribution in [1.82, 2.24) is 5.32 Å². The van der Waals surface area contributed by atoms with Gasteiger partial charge in [-0.15, -0.1) is 0 Å². The molecule has 0 heterocycles. The molecular weight excluding hydrogens is 453 g/mol. The fraction of sp³-hybridized carbons (Fsp3) is 0.500. The summed E-state index contributed by atoms with van der Waals surface area (Å²) in [5.74, 6) is -2.54. The van der Waals surface area contributed by atoms with Gasteiger partial charge in [-0.3, -0.25) is 9.59 Å². The molecule has 1 aromatic rings. The van der Waals surface area contributed by atoms with Crippen LogP contribution in [-0.4, -0.2) is 43.7 Å². The first kappa shape index (κ1) is 22.2. The molecule has 0 fully saturated rings. The van der Waals surface area contributed by atoms with E-state index in [0.29, 0.717) is 11.3 Å². The zero-order valence-electron chi connectivity index (χ0n) is 15.7. The van der Waals surface area contributed by atoms with E-state index in [1.165, 1.54) is 21.1 Å². The van der Waals surface area contributed by atoms with E-state index in [2.05, 4.69) is 32.6 Å². The fourth-order valence-electron chi connectivity index (χ4n) is 2.15. The Bertz CT molecular complexity index is 683. The van der Waals surface area contributed by atoms with Gasteiger partial charge in [0.15, 0.2) is 5.92 Å². The van der Waals surface area contributed by atoms with E-state index in [1.807, 2.05) is 0 Å². The lowest BCUT2D eigenvalue weighted by Crippen LogP contribution is -2.44. The van der Waals surface area contributed by atoms with Gasteiger partial charge in [-0.1, -0.05) is 6.07 Å². The van der Waals surface area contributed by atoms with Crippen molar-refractivity contribution >= 4 is 40.4 Å². The smallest absolute Gasteiger partial charge is 0.328 e. The first-order valence-corrected chi connectivity index (χ1v) is 9.02. The van der Waals surface area contributed by atoms with Crippen LogP contribution in [0.5, 0.6) is 5.75 Å². The molecule has 2 atom stereocenters. The maximum absolute atomic E-state index is 12.7. The van der Waals surface area contributed by atoms with Crippen LogP contribution in [0.25, 0.3) is 0 Å². The topological polar surface area (TPSA) is 90.9 Å². The molecule has 26 heavy (non-hydrogen) atoms. The number of hydrogen-bond acceptors (Lipinski definition) is 6. The average molecular weight is 477 g/mol. The van der Waals surface area contributed by atoms with E-state index in [0.717, 1.165) is 3.57 Å². The largest absolute Gasteiger partial charge is 0.496 e. The van der Waals surface area contributed by atoms with E-state index >= 15 is 0 Å². The Morgan fingerprint density at radius 2 is 1.73 bits per heavy atom. The van der Waals surface area contributed by atoms with Crippen molar-refractivity contribution in [1.29, 1.82) is 0 Å². The monoisotopic (exact) mass is 477 g/mol. The lowest BCUT2D eigenvalue weighted by atomic mass is 9.97. The van der Waals surface area contributed by atoms with Crippen LogP contribution < -0.4 is 10.1 Å². The molecule has 0 aliphatic heterocycles. The zero-order chi connectivity index (χ0) is 20.1. The third-order valence-electron chi connectivity index (χ3n) is 3.33. The van der Waals surface area contributed by atoms with Crippen LogP contribution in [0.15, 0.2) is 18.2 Å². The lowest BCUT2D eigenvalue weighted by molar-refractivity contribution is -0.159. The molecule has 1 N–H and O–H groups in total. The highest BCUT2D eigenvalue weighted by atomic mass is 127. The molecule has 0 aliphatic carbocycles. The Labute approximate surface area is 166 Å². The summed E-state index contributed by atoms with van der Waals surface area (Å²) in [5.41, 5.74) is -0.317. The second-order valence-corrected chi connectivity index (χ2v) is 7.78. The predicted molar refractivity (Wildman–Crippen MR) is 104 cm³/mol. The van der Waals surface area contributed by atoms with Gasteiger partial charge in [0.25, 0.3) is 0 Å². The molecule has 0 aliphatic rings. The SMILES string of the molecule is COC(=O)C(C)NC(=O)C(C(=O)OC(C)(C)C)c1ccc(OC)c(I)c1. The van der Waals surface area contributed by atoms with Gasteiger partial charge in [-0.2, -0.15) is 0 Å². The first-order chi connectivity index (χ1) is 12.0. The molecule has 144 valence electrons. The summed E-state index contributed by atoms with van der Waals surface area (Å²) in [6.45, 7) is 6.63. The number of rotatable bonds is 6. The van der Waals surface area contributed by atoms with E-state index in [4.69, 9.17) is 9.47 Å². The maximum Gasteiger partial charge on any atom is 0.328 e. The van der Waals surface area contributed by atoms with Gasteiger partial charge in [0.05, 0.1) is 17.8 Å². The van der Waals surface area contributed by atoms with Crippen molar-refractivity contribution in [2.45, 2.75) is 45.3 Å². The first-order valence-electron chi connectivity index (χ1n) is 7.94. The lowest BCUT2D eigenvalue weighted by Gasteiger charge is -2.24. The number of carbonyl (C=O) groups excluding carboxylic acids is 3. The molecule has 1 aromatic carbocycles. The number of methoxy groups -OCH3 is 2. The predicted octanol–water partition coefficient (Wildman–Crippen LogP) is 2.40. The van der Waals surface area contributed by atoms with Gasteiger partial charge in [0.1, 0.15) is 17.4 Å². The Morgan fingerprint density at radius 1 is 1.12 bits per heavy atom. The van der Waals surface area contributed by atoms with Crippen LogP contribution >= 0.6 is 22.6 Å². The summed E-state index contributed by atoms with van der Waals surface area (Å²) >= 11 is 2.05. The maximum atomic E-state index is 12.7. The molecule has 0 bridgehead atoms. The average Bonchev–Trinajstić information content (AvgIpc) is 2.52. The van der Waals surface area contributed by atoms with Crippen molar-refractivity contribution in [2.24, 2.45) is 0 Å². The van der Waals surface area contributed by atoms with Crippen LogP contribution in [0, 0.1) is 3.57 Å². The Hall–Kier alpha value is -1.84. The highest BCUT2D eigenvalue weighted by Crippen LogP contribution is 2.28. The summed E-state index contributed by atoms with van der Waals surface area (Å²) in [6.07, 6.45) is 0. The van der Waals surface area contributed by atoms with Crippen LogP contribution in [0.4, 0.5) is 0 Å². The molecule has 8 heteroatoms. The molecule has 1 rings (SSSR count). The number of ether oxygens (including phenoxy) is 3. The summed E-state index contributed by atoms with van der Waals surface area (Å²) in [4.78, 5) is 36.9. The van der Waals surface area contributed by atoms with Crippen LogP contribution in [0.2, 0.25) is 0 Å². The van der Waals surface area contributed by atoms with E-state index in [-0.39, 0.29) is 0 Å². The number of hydrogen-bond donors (Lipinski definition) is 1. The molecule has 0 aromatic heterocycles. The standard InChI is InChI=1S/C18H24INO6/c1-10(16(22)25-6)20-15(21)14(17(23)26-18(2,3)4)11-7-8-13(24-5)12(19)9-11/h7-10,14H,1-6H3,(H,20,21). The van der Waals surface area contributed by atoms with Gasteiger partial charge >= 0.3 is 11.9 Å². The van der Waals surface area contributed by atoms with Gasteiger partial charge in [-0.05, 0) is 68.0 Å². The van der Waals surface area contributed by atoms with Crippen molar-refractivity contribution < 1.29 is 28.6 Å². The quantitative estimate of drug-likeness (QED) is 0.385. The number of carbonyl (C=O) groups is 3. The second kappa shape index (κ2) is 9.20. The minimum absolute atomic E-state index is 0.444. The number of benzene rings is 1. The Kier molecular flexibility index (Phi) is 7.86. The summed E-state index contributed by atoms with van der Waals surface area (Å²) in [5, 5.41) is 2.50. The van der Waals surface area contributed by atoms with Gasteiger partial charge in [-0.25, -0.2) is 4.79 Å². The molecule has 0 saturated carbocycles. The number of halogens is 1. The third kappa shape index (κ3) is 6.15. The molecule has 2 unspecified atom stereocenters. The highest BCUT2D eigenvalue weighted by molar-refractivity contribution is 14.1. The summed E-state index contributed by atoms with van der Waals surface area (Å²) in [7, 11) is 2.76. The highest BCUT2D eigenvalue weighted by Gasteiger charge is 2.34. The van der Waals surface area contributed by atoms with Crippen molar-refractivity contribution in [3.05, 3.63) is 27.3 Å². The number of nitrogens with one attached hydrogen (secondary N) is 1. The van der Waals surface area contributed by atoms with Gasteiger partial charge < -0.3 is 19.5 Å². The molecular formula is C18H24INO6. The van der Waals surface area contributed by atoms with Gasteiger partial charge in [0, 0.05) is 0 Å². The zero-order valence-corrected chi connectivity index (χ0v) is 17.9. The molecule has 0 saturated heterocycles. The third-order valence-corrected chi connectivity index (χ3v) is 4.17. The van der Waals surface area contributed by atoms with Gasteiger partial charge in [0.2, 0.25) is 5.91 Å². The van der Waals surface area contributed by atoms with Crippen molar-refractivity contribution in [3.63, 3.8) is 0 Å². The Balaban J connectivity index is 3.21. The summed E-state index contributed by atoms with van der Waals surface area (Å²) in [6, 6.07) is 4.08. The molecule has 0 spiro atoms. The van der Waals surface area contributed by atoms with Crippen LogP contribution in [0.3, 0.4) is 0 Å². The Morgan fingerprint density at radius 3 is 2.19 bits per heavy atom. The fourth-order valence-corrected chi connectivity index (χ4v) is 2.91. The normalized spacial score (nSPS) is 13.3. The van der Waals surface area contributed by atoms with E-state index < -0.39 is 35.4 Å². The molecule has 1 amide bonds.